The third-order valence-electron chi connectivity index (χ3n) is 2.97. The Labute approximate surface area is 129 Å². The van der Waals surface area contributed by atoms with E-state index < -0.39 is 0 Å². The fourth-order valence-corrected chi connectivity index (χ4v) is 2.76. The third kappa shape index (κ3) is 4.71. The van der Waals surface area contributed by atoms with E-state index in [-0.39, 0.29) is 5.25 Å². The first-order valence-corrected chi connectivity index (χ1v) is 7.96. The Kier molecular flexibility index (Phi) is 5.58. The van der Waals surface area contributed by atoms with E-state index in [2.05, 4.69) is 33.9 Å². The number of hydrogen-bond acceptors (Lipinski definition) is 7. The molecule has 0 radical (unpaired) electrons. The highest BCUT2D eigenvalue weighted by Crippen LogP contribution is 2.25. The van der Waals surface area contributed by atoms with Crippen molar-refractivity contribution in [2.45, 2.75) is 32.2 Å². The molecule has 2 rings (SSSR count). The molecule has 1 atom stereocenters. The van der Waals surface area contributed by atoms with Crippen molar-refractivity contribution in [3.63, 3.8) is 0 Å². The molecule has 0 aliphatic heterocycles. The Morgan fingerprint density at radius 1 is 1.43 bits per heavy atom. The van der Waals surface area contributed by atoms with E-state index in [1.54, 1.807) is 18.0 Å². The number of hydrogen-bond donors (Lipinski definition) is 1. The molecule has 0 spiro atoms. The van der Waals surface area contributed by atoms with Crippen LogP contribution in [0.3, 0.4) is 0 Å². The molecule has 0 aromatic carbocycles. The standard InChI is InChI=1S/C14H21N5OS/c1-4-21-10(2)14-17-13(20-18-14)9-19(3)8-11-5-6-16-12(15)7-11/h5-7,10H,4,8-9H2,1-3H3,(H2,15,16)/t10-/m0/s1. The number of aromatic nitrogens is 3. The van der Waals surface area contributed by atoms with Gasteiger partial charge in [-0.1, -0.05) is 12.1 Å². The summed E-state index contributed by atoms with van der Waals surface area (Å²) in [6.07, 6.45) is 1.72. The number of nitrogens with zero attached hydrogens (tertiary/aromatic N) is 4. The molecule has 0 bridgehead atoms. The summed E-state index contributed by atoms with van der Waals surface area (Å²) in [7, 11) is 2.00. The van der Waals surface area contributed by atoms with Gasteiger partial charge in [0, 0.05) is 12.7 Å². The molecule has 0 amide bonds. The Morgan fingerprint density at radius 2 is 2.24 bits per heavy atom. The summed E-state index contributed by atoms with van der Waals surface area (Å²) < 4.78 is 5.31. The highest BCUT2D eigenvalue weighted by atomic mass is 32.2. The fourth-order valence-electron chi connectivity index (χ4n) is 2.01. The van der Waals surface area contributed by atoms with Crippen molar-refractivity contribution < 1.29 is 4.52 Å². The molecule has 0 saturated carbocycles. The van der Waals surface area contributed by atoms with Gasteiger partial charge < -0.3 is 10.3 Å². The summed E-state index contributed by atoms with van der Waals surface area (Å²) in [6.45, 7) is 5.57. The first-order valence-electron chi connectivity index (χ1n) is 6.91. The lowest BCUT2D eigenvalue weighted by molar-refractivity contribution is 0.260. The monoisotopic (exact) mass is 307 g/mol. The molecule has 2 aromatic heterocycles. The maximum Gasteiger partial charge on any atom is 0.240 e. The van der Waals surface area contributed by atoms with E-state index in [9.17, 15) is 0 Å². The summed E-state index contributed by atoms with van der Waals surface area (Å²) in [4.78, 5) is 10.5. The number of pyridine rings is 1. The van der Waals surface area contributed by atoms with Crippen LogP contribution in [0.15, 0.2) is 22.9 Å². The largest absolute Gasteiger partial charge is 0.384 e. The van der Waals surface area contributed by atoms with Gasteiger partial charge >= 0.3 is 0 Å². The number of nitrogens with two attached hydrogens (primary N) is 1. The number of anilines is 1. The molecule has 21 heavy (non-hydrogen) atoms. The number of nitrogen functional groups attached to an aromatic ring is 1. The maximum absolute atomic E-state index is 5.68. The molecule has 0 aliphatic rings. The number of rotatable bonds is 7. The second-order valence-corrected chi connectivity index (χ2v) is 6.52. The van der Waals surface area contributed by atoms with Crippen LogP contribution in [0, 0.1) is 0 Å². The lowest BCUT2D eigenvalue weighted by Crippen LogP contribution is -2.17. The SMILES string of the molecule is CCS[C@@H](C)c1noc(CN(C)Cc2ccnc(N)c2)n1. The molecule has 2 aromatic rings. The number of thioether (sulfide) groups is 1. The fraction of sp³-hybridized carbons (Fsp3) is 0.500. The first-order chi connectivity index (χ1) is 10.1. The van der Waals surface area contributed by atoms with Crippen LogP contribution in [0.5, 0.6) is 0 Å². The molecule has 0 fully saturated rings. The second kappa shape index (κ2) is 7.42. The van der Waals surface area contributed by atoms with Crippen molar-refractivity contribution in [2.24, 2.45) is 0 Å². The molecule has 114 valence electrons. The van der Waals surface area contributed by atoms with E-state index in [1.807, 2.05) is 19.2 Å². The van der Waals surface area contributed by atoms with Crippen LogP contribution in [0.1, 0.15) is 36.4 Å². The minimum Gasteiger partial charge on any atom is -0.384 e. The van der Waals surface area contributed by atoms with Crippen LogP contribution < -0.4 is 5.73 Å². The van der Waals surface area contributed by atoms with Crippen LogP contribution in [-0.2, 0) is 13.1 Å². The Hall–Kier alpha value is -1.60. The van der Waals surface area contributed by atoms with Gasteiger partial charge in [0.05, 0.1) is 11.8 Å². The molecular weight excluding hydrogens is 286 g/mol. The molecule has 0 unspecified atom stereocenters. The third-order valence-corrected chi connectivity index (χ3v) is 4.01. The van der Waals surface area contributed by atoms with E-state index in [4.69, 9.17) is 10.3 Å². The Morgan fingerprint density at radius 3 is 2.95 bits per heavy atom. The first kappa shape index (κ1) is 15.8. The highest BCUT2D eigenvalue weighted by molar-refractivity contribution is 7.99. The van der Waals surface area contributed by atoms with Crippen molar-refractivity contribution in [3.8, 4) is 0 Å². The molecule has 2 N–H and O–H groups in total. The van der Waals surface area contributed by atoms with E-state index in [0.717, 1.165) is 23.7 Å². The zero-order valence-electron chi connectivity index (χ0n) is 12.6. The van der Waals surface area contributed by atoms with Gasteiger partial charge in [0.25, 0.3) is 0 Å². The van der Waals surface area contributed by atoms with Gasteiger partial charge in [-0.3, -0.25) is 4.90 Å². The summed E-state index contributed by atoms with van der Waals surface area (Å²) >= 11 is 1.80. The average Bonchev–Trinajstić information content (AvgIpc) is 2.87. The van der Waals surface area contributed by atoms with Gasteiger partial charge in [-0.15, -0.1) is 0 Å². The van der Waals surface area contributed by atoms with Crippen molar-refractivity contribution in [1.82, 2.24) is 20.0 Å². The van der Waals surface area contributed by atoms with Gasteiger partial charge in [0.15, 0.2) is 5.82 Å². The minimum absolute atomic E-state index is 0.262. The topological polar surface area (TPSA) is 81.1 Å². The van der Waals surface area contributed by atoms with Crippen LogP contribution in [0.2, 0.25) is 0 Å². The van der Waals surface area contributed by atoms with Crippen LogP contribution in [0.25, 0.3) is 0 Å². The highest BCUT2D eigenvalue weighted by Gasteiger charge is 2.14. The van der Waals surface area contributed by atoms with Gasteiger partial charge in [-0.2, -0.15) is 16.7 Å². The zero-order valence-corrected chi connectivity index (χ0v) is 13.4. The van der Waals surface area contributed by atoms with Crippen LogP contribution in [0.4, 0.5) is 5.82 Å². The summed E-state index contributed by atoms with van der Waals surface area (Å²) in [5.41, 5.74) is 6.79. The van der Waals surface area contributed by atoms with Crippen LogP contribution in [-0.4, -0.2) is 32.8 Å². The van der Waals surface area contributed by atoms with Crippen LogP contribution >= 0.6 is 11.8 Å². The van der Waals surface area contributed by atoms with E-state index in [0.29, 0.717) is 18.3 Å². The summed E-state index contributed by atoms with van der Waals surface area (Å²) in [6, 6.07) is 3.82. The molecule has 6 nitrogen and oxygen atoms in total. The Balaban J connectivity index is 1.92. The predicted octanol–water partition coefficient (Wildman–Crippen LogP) is 2.49. The molecule has 0 saturated heterocycles. The molecule has 7 heteroatoms. The molecular formula is C14H21N5OS. The molecule has 0 aliphatic carbocycles. The predicted molar refractivity (Wildman–Crippen MR) is 84.7 cm³/mol. The van der Waals surface area contributed by atoms with Crippen molar-refractivity contribution >= 4 is 17.6 Å². The lowest BCUT2D eigenvalue weighted by atomic mass is 10.2. The van der Waals surface area contributed by atoms with Gasteiger partial charge in [-0.05, 0) is 37.4 Å². The van der Waals surface area contributed by atoms with Gasteiger partial charge in [0.2, 0.25) is 5.89 Å². The summed E-state index contributed by atoms with van der Waals surface area (Å²) in [5.74, 6) is 2.97. The van der Waals surface area contributed by atoms with E-state index >= 15 is 0 Å². The van der Waals surface area contributed by atoms with E-state index in [1.165, 1.54) is 0 Å². The average molecular weight is 307 g/mol. The normalized spacial score (nSPS) is 12.8. The zero-order chi connectivity index (χ0) is 15.2. The van der Waals surface area contributed by atoms with Crippen molar-refractivity contribution in [2.75, 3.05) is 18.5 Å². The summed E-state index contributed by atoms with van der Waals surface area (Å²) in [5, 5.41) is 4.31. The van der Waals surface area contributed by atoms with Gasteiger partial charge in [0.1, 0.15) is 5.82 Å². The van der Waals surface area contributed by atoms with Crippen molar-refractivity contribution in [3.05, 3.63) is 35.6 Å². The maximum atomic E-state index is 5.68. The van der Waals surface area contributed by atoms with Crippen molar-refractivity contribution in [1.29, 1.82) is 0 Å². The Bertz CT molecular complexity index is 574. The quantitative estimate of drug-likeness (QED) is 0.841. The second-order valence-electron chi connectivity index (χ2n) is 4.91. The van der Waals surface area contributed by atoms with Gasteiger partial charge in [-0.25, -0.2) is 4.98 Å². The molecule has 2 heterocycles. The lowest BCUT2D eigenvalue weighted by Gasteiger charge is -2.14. The smallest absolute Gasteiger partial charge is 0.240 e. The minimum atomic E-state index is 0.262.